The lowest BCUT2D eigenvalue weighted by Gasteiger charge is -2.09. The first-order valence-electron chi connectivity index (χ1n) is 5.69. The van der Waals surface area contributed by atoms with Crippen LogP contribution in [0.25, 0.3) is 10.4 Å². The second kappa shape index (κ2) is 4.00. The van der Waals surface area contributed by atoms with Crippen LogP contribution >= 0.6 is 11.3 Å². The monoisotopic (exact) mass is 244 g/mol. The van der Waals surface area contributed by atoms with Crippen molar-refractivity contribution >= 4 is 17.3 Å². The number of rotatable bonds is 1. The molecule has 0 fully saturated rings. The van der Waals surface area contributed by atoms with Crippen LogP contribution in [-0.2, 0) is 12.8 Å². The molecule has 0 aliphatic heterocycles. The van der Waals surface area contributed by atoms with E-state index < -0.39 is 5.97 Å². The standard InChI is InChI=1S/C14H12O2S/c15-14(16)12-6-2-5-11-10(12)4-1-3-9-7-8-17-13(9)11/h2,5-8H,1,3-4H2,(H,15,16). The van der Waals surface area contributed by atoms with Crippen LogP contribution in [0.2, 0.25) is 0 Å². The molecule has 1 aliphatic carbocycles. The third kappa shape index (κ3) is 1.67. The molecule has 17 heavy (non-hydrogen) atoms. The van der Waals surface area contributed by atoms with Gasteiger partial charge in [-0.05, 0) is 53.5 Å². The fraction of sp³-hybridized carbons (Fsp3) is 0.214. The second-order valence-corrected chi connectivity index (χ2v) is 5.18. The minimum atomic E-state index is -0.818. The summed E-state index contributed by atoms with van der Waals surface area (Å²) in [7, 11) is 0. The van der Waals surface area contributed by atoms with E-state index >= 15 is 0 Å². The van der Waals surface area contributed by atoms with Gasteiger partial charge in [0.05, 0.1) is 5.56 Å². The van der Waals surface area contributed by atoms with Crippen LogP contribution in [-0.4, -0.2) is 11.1 Å². The maximum Gasteiger partial charge on any atom is 0.335 e. The largest absolute Gasteiger partial charge is 0.478 e. The fourth-order valence-corrected chi connectivity index (χ4v) is 3.50. The van der Waals surface area contributed by atoms with Gasteiger partial charge in [-0.1, -0.05) is 12.1 Å². The highest BCUT2D eigenvalue weighted by atomic mass is 32.1. The van der Waals surface area contributed by atoms with Crippen molar-refractivity contribution in [1.29, 1.82) is 0 Å². The number of fused-ring (bicyclic) bond motifs is 3. The summed E-state index contributed by atoms with van der Waals surface area (Å²) in [4.78, 5) is 12.5. The van der Waals surface area contributed by atoms with E-state index in [2.05, 4.69) is 11.4 Å². The molecule has 0 amide bonds. The Balaban J connectivity index is 2.27. The number of hydrogen-bond acceptors (Lipinski definition) is 2. The summed E-state index contributed by atoms with van der Waals surface area (Å²) in [6.45, 7) is 0. The van der Waals surface area contributed by atoms with Gasteiger partial charge in [-0.25, -0.2) is 4.79 Å². The minimum Gasteiger partial charge on any atom is -0.478 e. The van der Waals surface area contributed by atoms with Crippen LogP contribution < -0.4 is 0 Å². The molecule has 0 saturated heterocycles. The predicted octanol–water partition coefficient (Wildman–Crippen LogP) is 3.60. The second-order valence-electron chi connectivity index (χ2n) is 4.27. The highest BCUT2D eigenvalue weighted by molar-refractivity contribution is 7.13. The lowest BCUT2D eigenvalue weighted by molar-refractivity contribution is 0.0695. The van der Waals surface area contributed by atoms with E-state index in [0.29, 0.717) is 5.56 Å². The molecule has 1 heterocycles. The number of carbonyl (C=O) groups is 1. The molecule has 1 aliphatic rings. The number of benzene rings is 1. The number of carboxylic acid groups (broad SMARTS) is 1. The Bertz CT molecular complexity index is 584. The normalized spacial score (nSPS) is 13.6. The van der Waals surface area contributed by atoms with Crippen LogP contribution in [0.1, 0.15) is 27.9 Å². The van der Waals surface area contributed by atoms with Gasteiger partial charge in [0.25, 0.3) is 0 Å². The molecule has 1 N–H and O–H groups in total. The molecule has 0 bridgehead atoms. The van der Waals surface area contributed by atoms with Gasteiger partial charge in [0.1, 0.15) is 0 Å². The van der Waals surface area contributed by atoms with E-state index in [9.17, 15) is 9.90 Å². The van der Waals surface area contributed by atoms with Gasteiger partial charge >= 0.3 is 5.97 Å². The van der Waals surface area contributed by atoms with Crippen molar-refractivity contribution in [3.8, 4) is 10.4 Å². The van der Waals surface area contributed by atoms with E-state index in [1.54, 1.807) is 17.4 Å². The minimum absolute atomic E-state index is 0.462. The molecule has 86 valence electrons. The topological polar surface area (TPSA) is 37.3 Å². The van der Waals surface area contributed by atoms with Crippen LogP contribution in [0.15, 0.2) is 29.6 Å². The molecule has 0 spiro atoms. The molecule has 0 unspecified atom stereocenters. The summed E-state index contributed by atoms with van der Waals surface area (Å²) < 4.78 is 0. The van der Waals surface area contributed by atoms with Crippen molar-refractivity contribution < 1.29 is 9.90 Å². The van der Waals surface area contributed by atoms with Gasteiger partial charge < -0.3 is 5.11 Å². The van der Waals surface area contributed by atoms with Crippen LogP contribution in [0.4, 0.5) is 0 Å². The number of hydrogen-bond donors (Lipinski definition) is 1. The highest BCUT2D eigenvalue weighted by Crippen LogP contribution is 2.37. The van der Waals surface area contributed by atoms with Crippen molar-refractivity contribution in [3.63, 3.8) is 0 Å². The zero-order valence-electron chi connectivity index (χ0n) is 9.27. The Morgan fingerprint density at radius 2 is 2.12 bits per heavy atom. The Labute approximate surface area is 104 Å². The number of aromatic carboxylic acids is 1. The molecule has 1 aromatic heterocycles. The first-order valence-corrected chi connectivity index (χ1v) is 6.57. The van der Waals surface area contributed by atoms with E-state index in [1.165, 1.54) is 10.4 Å². The average molecular weight is 244 g/mol. The predicted molar refractivity (Wildman–Crippen MR) is 68.7 cm³/mol. The maximum atomic E-state index is 11.2. The Morgan fingerprint density at radius 1 is 1.24 bits per heavy atom. The summed E-state index contributed by atoms with van der Waals surface area (Å²) in [5, 5.41) is 11.3. The van der Waals surface area contributed by atoms with Gasteiger partial charge in [-0.2, -0.15) is 0 Å². The molecule has 2 aromatic rings. The average Bonchev–Trinajstić information content (AvgIpc) is 2.70. The third-order valence-corrected chi connectivity index (χ3v) is 4.26. The highest BCUT2D eigenvalue weighted by Gasteiger charge is 2.20. The molecule has 1 aromatic carbocycles. The fourth-order valence-electron chi connectivity index (χ4n) is 2.49. The van der Waals surface area contributed by atoms with Crippen molar-refractivity contribution in [2.45, 2.75) is 19.3 Å². The summed E-state index contributed by atoms with van der Waals surface area (Å²) in [5.74, 6) is -0.818. The Hall–Kier alpha value is -1.61. The maximum absolute atomic E-state index is 11.2. The van der Waals surface area contributed by atoms with Gasteiger partial charge in [-0.3, -0.25) is 0 Å². The Morgan fingerprint density at radius 3 is 2.94 bits per heavy atom. The van der Waals surface area contributed by atoms with Crippen molar-refractivity contribution in [1.82, 2.24) is 0 Å². The van der Waals surface area contributed by atoms with Crippen LogP contribution in [0.5, 0.6) is 0 Å². The summed E-state index contributed by atoms with van der Waals surface area (Å²) >= 11 is 1.71. The van der Waals surface area contributed by atoms with Crippen LogP contribution in [0, 0.1) is 0 Å². The summed E-state index contributed by atoms with van der Waals surface area (Å²) in [6.07, 6.45) is 2.94. The zero-order valence-corrected chi connectivity index (χ0v) is 10.1. The molecule has 0 radical (unpaired) electrons. The van der Waals surface area contributed by atoms with E-state index in [1.807, 2.05) is 12.1 Å². The smallest absolute Gasteiger partial charge is 0.335 e. The summed E-state index contributed by atoms with van der Waals surface area (Å²) in [6, 6.07) is 7.75. The lowest BCUT2D eigenvalue weighted by Crippen LogP contribution is -2.03. The molecule has 2 nitrogen and oxygen atoms in total. The van der Waals surface area contributed by atoms with Gasteiger partial charge in [0.2, 0.25) is 0 Å². The van der Waals surface area contributed by atoms with E-state index in [4.69, 9.17) is 0 Å². The molecule has 0 atom stereocenters. The lowest BCUT2D eigenvalue weighted by atomic mass is 9.98. The SMILES string of the molecule is O=C(O)c1cccc2c1CCCc1ccsc1-2. The van der Waals surface area contributed by atoms with E-state index in [0.717, 1.165) is 30.4 Å². The van der Waals surface area contributed by atoms with Crippen molar-refractivity contribution in [2.24, 2.45) is 0 Å². The number of aryl methyl sites for hydroxylation is 1. The van der Waals surface area contributed by atoms with Gasteiger partial charge in [0, 0.05) is 4.88 Å². The van der Waals surface area contributed by atoms with Crippen molar-refractivity contribution in [3.05, 3.63) is 46.3 Å². The van der Waals surface area contributed by atoms with Crippen LogP contribution in [0.3, 0.4) is 0 Å². The quantitative estimate of drug-likeness (QED) is 0.832. The van der Waals surface area contributed by atoms with E-state index in [-0.39, 0.29) is 0 Å². The third-order valence-electron chi connectivity index (χ3n) is 3.27. The number of carboxylic acids is 1. The number of thiophene rings is 1. The first kappa shape index (κ1) is 10.5. The summed E-state index contributed by atoms with van der Waals surface area (Å²) in [5.41, 5.74) is 3.94. The molecular formula is C14H12O2S. The van der Waals surface area contributed by atoms with Gasteiger partial charge in [0.15, 0.2) is 0 Å². The zero-order chi connectivity index (χ0) is 11.8. The first-order chi connectivity index (χ1) is 8.27. The molecule has 3 heteroatoms. The molecule has 0 saturated carbocycles. The Kier molecular flexibility index (Phi) is 2.48. The molecule has 3 rings (SSSR count). The molecular weight excluding hydrogens is 232 g/mol. The van der Waals surface area contributed by atoms with Gasteiger partial charge in [-0.15, -0.1) is 11.3 Å². The van der Waals surface area contributed by atoms with Crippen molar-refractivity contribution in [2.75, 3.05) is 0 Å².